The lowest BCUT2D eigenvalue weighted by atomic mass is 9.78. The van der Waals surface area contributed by atoms with Crippen molar-refractivity contribution in [3.05, 3.63) is 59.7 Å². The lowest BCUT2D eigenvalue weighted by molar-refractivity contribution is 0.635. The Kier molecular flexibility index (Phi) is 2.52. The van der Waals surface area contributed by atoms with Gasteiger partial charge in [-0.05, 0) is 29.7 Å². The molecule has 3 aromatic rings. The first-order valence-electron chi connectivity index (χ1n) is 6.57. The topological polar surface area (TPSA) is 24.9 Å². The third-order valence-corrected chi connectivity index (χ3v) is 4.75. The normalized spacial score (nSPS) is 16.9. The zero-order chi connectivity index (χ0) is 12.7. The number of benzene rings is 2. The summed E-state index contributed by atoms with van der Waals surface area (Å²) in [5, 5.41) is 4.52. The van der Waals surface area contributed by atoms with Gasteiger partial charge in [0.25, 0.3) is 0 Å². The molecule has 1 heterocycles. The number of nitrogens with zero attached hydrogens (tertiary/aromatic N) is 1. The molecule has 0 saturated carbocycles. The van der Waals surface area contributed by atoms with Gasteiger partial charge in [-0.25, -0.2) is 4.98 Å². The van der Waals surface area contributed by atoms with Crippen molar-refractivity contribution >= 4 is 26.7 Å². The maximum absolute atomic E-state index is 4.61. The van der Waals surface area contributed by atoms with Crippen LogP contribution >= 0.6 is 11.3 Å². The van der Waals surface area contributed by atoms with Crippen LogP contribution in [0.1, 0.15) is 17.0 Å². The lowest BCUT2D eigenvalue weighted by Crippen LogP contribution is -2.24. The van der Waals surface area contributed by atoms with E-state index in [4.69, 9.17) is 0 Å². The standard InChI is InChI=1S/C16H14N2S/c1-2-6-13-11(5-1)9-12(13)10-17-16-18-14-7-3-4-8-15(14)19-16/h1-8,12H,9-10H2,(H,17,18). The summed E-state index contributed by atoms with van der Waals surface area (Å²) in [6, 6.07) is 17.0. The molecule has 0 fully saturated rings. The van der Waals surface area contributed by atoms with Crippen LogP contribution in [0.4, 0.5) is 5.13 Å². The van der Waals surface area contributed by atoms with Gasteiger partial charge >= 0.3 is 0 Å². The summed E-state index contributed by atoms with van der Waals surface area (Å²) in [5.41, 5.74) is 4.08. The van der Waals surface area contributed by atoms with Gasteiger partial charge in [0.05, 0.1) is 10.2 Å². The van der Waals surface area contributed by atoms with Crippen molar-refractivity contribution in [2.45, 2.75) is 12.3 Å². The molecule has 1 N–H and O–H groups in total. The van der Waals surface area contributed by atoms with Crippen LogP contribution in [0.3, 0.4) is 0 Å². The van der Waals surface area contributed by atoms with Crippen LogP contribution in [0.5, 0.6) is 0 Å². The van der Waals surface area contributed by atoms with Crippen LogP contribution in [0.2, 0.25) is 0 Å². The van der Waals surface area contributed by atoms with E-state index < -0.39 is 0 Å². The van der Waals surface area contributed by atoms with Gasteiger partial charge in [-0.15, -0.1) is 0 Å². The SMILES string of the molecule is c1ccc2c(c1)CC2CNc1nc2ccccc2s1. The van der Waals surface area contributed by atoms with Crippen molar-refractivity contribution in [3.63, 3.8) is 0 Å². The van der Waals surface area contributed by atoms with Crippen LogP contribution in [-0.4, -0.2) is 11.5 Å². The summed E-state index contributed by atoms with van der Waals surface area (Å²) in [5.74, 6) is 0.642. The first kappa shape index (κ1) is 11.0. The highest BCUT2D eigenvalue weighted by atomic mass is 32.1. The second kappa shape index (κ2) is 4.35. The number of hydrogen-bond acceptors (Lipinski definition) is 3. The molecule has 1 aromatic heterocycles. The van der Waals surface area contributed by atoms with Crippen molar-refractivity contribution in [1.29, 1.82) is 0 Å². The van der Waals surface area contributed by atoms with Crippen molar-refractivity contribution < 1.29 is 0 Å². The number of fused-ring (bicyclic) bond motifs is 2. The molecule has 0 radical (unpaired) electrons. The van der Waals surface area contributed by atoms with Crippen molar-refractivity contribution in [3.8, 4) is 0 Å². The number of anilines is 1. The minimum atomic E-state index is 0.642. The van der Waals surface area contributed by atoms with E-state index in [0.717, 1.165) is 17.2 Å². The molecule has 94 valence electrons. The largest absolute Gasteiger partial charge is 0.361 e. The van der Waals surface area contributed by atoms with Crippen LogP contribution < -0.4 is 5.32 Å². The molecule has 1 atom stereocenters. The number of thiazole rings is 1. The maximum Gasteiger partial charge on any atom is 0.183 e. The van der Waals surface area contributed by atoms with E-state index in [1.54, 1.807) is 11.3 Å². The summed E-state index contributed by atoms with van der Waals surface area (Å²) < 4.78 is 1.25. The zero-order valence-corrected chi connectivity index (χ0v) is 11.3. The maximum atomic E-state index is 4.61. The Bertz CT molecular complexity index is 699. The first-order valence-corrected chi connectivity index (χ1v) is 7.39. The van der Waals surface area contributed by atoms with Gasteiger partial charge in [0, 0.05) is 12.5 Å². The number of para-hydroxylation sites is 1. The summed E-state index contributed by atoms with van der Waals surface area (Å²) in [6.07, 6.45) is 1.19. The highest BCUT2D eigenvalue weighted by Gasteiger charge is 2.25. The monoisotopic (exact) mass is 266 g/mol. The molecular formula is C16H14N2S. The minimum absolute atomic E-state index is 0.642. The zero-order valence-electron chi connectivity index (χ0n) is 10.5. The van der Waals surface area contributed by atoms with E-state index in [1.165, 1.54) is 22.2 Å². The number of nitrogens with one attached hydrogen (secondary N) is 1. The molecule has 2 nitrogen and oxygen atoms in total. The van der Waals surface area contributed by atoms with E-state index in [0.29, 0.717) is 5.92 Å². The fourth-order valence-electron chi connectivity index (χ4n) is 2.70. The Morgan fingerprint density at radius 1 is 1.11 bits per heavy atom. The van der Waals surface area contributed by atoms with E-state index in [2.05, 4.69) is 52.8 Å². The molecule has 0 aliphatic heterocycles. The fourth-order valence-corrected chi connectivity index (χ4v) is 3.58. The predicted octanol–water partition coefficient (Wildman–Crippen LogP) is 4.05. The summed E-state index contributed by atoms with van der Waals surface area (Å²) in [6.45, 7) is 0.983. The molecule has 2 aromatic carbocycles. The van der Waals surface area contributed by atoms with Gasteiger partial charge < -0.3 is 5.32 Å². The van der Waals surface area contributed by atoms with E-state index >= 15 is 0 Å². The molecule has 1 aliphatic carbocycles. The van der Waals surface area contributed by atoms with Gasteiger partial charge in [-0.3, -0.25) is 0 Å². The molecule has 1 unspecified atom stereocenters. The Morgan fingerprint density at radius 2 is 1.95 bits per heavy atom. The Balaban J connectivity index is 1.49. The van der Waals surface area contributed by atoms with E-state index in [-0.39, 0.29) is 0 Å². The van der Waals surface area contributed by atoms with Crippen molar-refractivity contribution in [2.24, 2.45) is 0 Å². The lowest BCUT2D eigenvalue weighted by Gasteiger charge is -2.30. The van der Waals surface area contributed by atoms with Crippen LogP contribution in [0.25, 0.3) is 10.2 Å². The van der Waals surface area contributed by atoms with E-state index in [1.807, 2.05) is 6.07 Å². The Morgan fingerprint density at radius 3 is 2.84 bits per heavy atom. The first-order chi connectivity index (χ1) is 9.40. The smallest absolute Gasteiger partial charge is 0.183 e. The molecule has 1 aliphatic rings. The summed E-state index contributed by atoms with van der Waals surface area (Å²) in [7, 11) is 0. The average molecular weight is 266 g/mol. The van der Waals surface area contributed by atoms with Crippen LogP contribution in [0.15, 0.2) is 48.5 Å². The minimum Gasteiger partial charge on any atom is -0.361 e. The van der Waals surface area contributed by atoms with Gasteiger partial charge in [0.2, 0.25) is 0 Å². The van der Waals surface area contributed by atoms with E-state index in [9.17, 15) is 0 Å². The van der Waals surface area contributed by atoms with Gasteiger partial charge in [0.1, 0.15) is 0 Å². The summed E-state index contributed by atoms with van der Waals surface area (Å²) >= 11 is 1.73. The fraction of sp³-hybridized carbons (Fsp3) is 0.188. The highest BCUT2D eigenvalue weighted by Crippen LogP contribution is 2.35. The third kappa shape index (κ3) is 1.90. The quantitative estimate of drug-likeness (QED) is 0.773. The molecule has 4 rings (SSSR count). The van der Waals surface area contributed by atoms with Gasteiger partial charge in [0.15, 0.2) is 5.13 Å². The highest BCUT2D eigenvalue weighted by molar-refractivity contribution is 7.22. The van der Waals surface area contributed by atoms with Crippen molar-refractivity contribution in [2.75, 3.05) is 11.9 Å². The second-order valence-corrected chi connectivity index (χ2v) is 6.00. The van der Waals surface area contributed by atoms with Crippen molar-refractivity contribution in [1.82, 2.24) is 4.98 Å². The average Bonchev–Trinajstić information content (AvgIpc) is 2.82. The molecular weight excluding hydrogens is 252 g/mol. The number of hydrogen-bond donors (Lipinski definition) is 1. The molecule has 3 heteroatoms. The predicted molar refractivity (Wildman–Crippen MR) is 81.0 cm³/mol. The number of rotatable bonds is 3. The second-order valence-electron chi connectivity index (χ2n) is 4.97. The van der Waals surface area contributed by atoms with Crippen LogP contribution in [-0.2, 0) is 6.42 Å². The molecule has 0 spiro atoms. The Hall–Kier alpha value is -1.87. The van der Waals surface area contributed by atoms with Gasteiger partial charge in [-0.2, -0.15) is 0 Å². The third-order valence-electron chi connectivity index (χ3n) is 3.75. The molecule has 0 amide bonds. The molecule has 0 bridgehead atoms. The molecule has 19 heavy (non-hydrogen) atoms. The Labute approximate surface area is 116 Å². The van der Waals surface area contributed by atoms with Gasteiger partial charge in [-0.1, -0.05) is 47.7 Å². The molecule has 0 saturated heterocycles. The van der Waals surface area contributed by atoms with Crippen LogP contribution in [0, 0.1) is 0 Å². The summed E-state index contributed by atoms with van der Waals surface area (Å²) in [4.78, 5) is 4.61. The number of aromatic nitrogens is 1.